The van der Waals surface area contributed by atoms with Crippen molar-refractivity contribution in [1.82, 2.24) is 10.2 Å². The Hall–Kier alpha value is -1.10. The van der Waals surface area contributed by atoms with Crippen LogP contribution in [-0.2, 0) is 4.79 Å². The van der Waals surface area contributed by atoms with Gasteiger partial charge in [0.1, 0.15) is 0 Å². The molecular formula is C16H26ClN3O. The highest BCUT2D eigenvalue weighted by Crippen LogP contribution is 2.18. The highest BCUT2D eigenvalue weighted by Gasteiger charge is 2.26. The van der Waals surface area contributed by atoms with Gasteiger partial charge in [-0.25, -0.2) is 0 Å². The molecule has 2 rings (SSSR count). The summed E-state index contributed by atoms with van der Waals surface area (Å²) in [6, 6.07) is 10.3. The fourth-order valence-corrected chi connectivity index (χ4v) is 2.75. The second-order valence-corrected chi connectivity index (χ2v) is 5.84. The van der Waals surface area contributed by atoms with Gasteiger partial charge in [0.05, 0.1) is 12.6 Å². The highest BCUT2D eigenvalue weighted by atomic mass is 35.5. The summed E-state index contributed by atoms with van der Waals surface area (Å²) in [6.07, 6.45) is 1.10. The second-order valence-electron chi connectivity index (χ2n) is 5.84. The van der Waals surface area contributed by atoms with Gasteiger partial charge in [-0.15, -0.1) is 12.4 Å². The Morgan fingerprint density at radius 2 is 2.05 bits per heavy atom. The number of rotatable bonds is 5. The molecule has 1 fully saturated rings. The van der Waals surface area contributed by atoms with Gasteiger partial charge in [-0.2, -0.15) is 0 Å². The summed E-state index contributed by atoms with van der Waals surface area (Å²) in [6.45, 7) is 6.44. The van der Waals surface area contributed by atoms with E-state index in [1.807, 2.05) is 44.2 Å². The lowest BCUT2D eigenvalue weighted by Crippen LogP contribution is -2.38. The molecule has 118 valence electrons. The number of carbonyl (C=O) groups is 1. The molecule has 1 aromatic rings. The van der Waals surface area contributed by atoms with Crippen LogP contribution in [0.2, 0.25) is 0 Å². The molecule has 1 aliphatic rings. The molecule has 0 saturated carbocycles. The molecule has 1 saturated heterocycles. The topological polar surface area (TPSA) is 58.4 Å². The predicted octanol–water partition coefficient (Wildman–Crippen LogP) is 1.95. The van der Waals surface area contributed by atoms with Crippen molar-refractivity contribution in [2.75, 3.05) is 19.6 Å². The minimum atomic E-state index is 0. The third-order valence-electron chi connectivity index (χ3n) is 4.10. The van der Waals surface area contributed by atoms with E-state index in [0.717, 1.165) is 25.1 Å². The van der Waals surface area contributed by atoms with Gasteiger partial charge in [0, 0.05) is 12.6 Å². The molecule has 0 aliphatic carbocycles. The number of halogens is 1. The Morgan fingerprint density at radius 1 is 1.38 bits per heavy atom. The SMILES string of the molecule is CC(NC(=O)CN1CCC(C(C)N)C1)c1ccccc1.Cl. The summed E-state index contributed by atoms with van der Waals surface area (Å²) in [5.74, 6) is 0.612. The van der Waals surface area contributed by atoms with Crippen LogP contribution < -0.4 is 11.1 Å². The number of benzene rings is 1. The molecule has 3 N–H and O–H groups in total. The van der Waals surface area contributed by atoms with Crippen LogP contribution in [0, 0.1) is 5.92 Å². The van der Waals surface area contributed by atoms with E-state index >= 15 is 0 Å². The van der Waals surface area contributed by atoms with Crippen molar-refractivity contribution in [3.05, 3.63) is 35.9 Å². The molecular weight excluding hydrogens is 286 g/mol. The summed E-state index contributed by atoms with van der Waals surface area (Å²) < 4.78 is 0. The summed E-state index contributed by atoms with van der Waals surface area (Å²) in [5.41, 5.74) is 7.06. The van der Waals surface area contributed by atoms with Crippen molar-refractivity contribution >= 4 is 18.3 Å². The lowest BCUT2D eigenvalue weighted by molar-refractivity contribution is -0.122. The van der Waals surface area contributed by atoms with E-state index in [4.69, 9.17) is 5.73 Å². The first-order valence-corrected chi connectivity index (χ1v) is 7.38. The molecule has 1 aromatic carbocycles. The summed E-state index contributed by atoms with van der Waals surface area (Å²) in [7, 11) is 0. The number of nitrogens with one attached hydrogen (secondary N) is 1. The molecule has 0 bridgehead atoms. The van der Waals surface area contributed by atoms with Crippen molar-refractivity contribution in [2.45, 2.75) is 32.4 Å². The number of nitrogens with zero attached hydrogens (tertiary/aromatic N) is 1. The van der Waals surface area contributed by atoms with Gasteiger partial charge < -0.3 is 11.1 Å². The number of hydrogen-bond donors (Lipinski definition) is 2. The van der Waals surface area contributed by atoms with Crippen LogP contribution in [0.4, 0.5) is 0 Å². The van der Waals surface area contributed by atoms with Crippen LogP contribution in [0.3, 0.4) is 0 Å². The number of carbonyl (C=O) groups excluding carboxylic acids is 1. The van der Waals surface area contributed by atoms with Crippen molar-refractivity contribution in [1.29, 1.82) is 0 Å². The molecule has 1 amide bonds. The van der Waals surface area contributed by atoms with E-state index in [2.05, 4.69) is 10.2 Å². The summed E-state index contributed by atoms with van der Waals surface area (Å²) in [5, 5.41) is 3.06. The number of likely N-dealkylation sites (tertiary alicyclic amines) is 1. The van der Waals surface area contributed by atoms with E-state index in [-0.39, 0.29) is 30.4 Å². The molecule has 1 aliphatic heterocycles. The highest BCUT2D eigenvalue weighted by molar-refractivity contribution is 5.85. The third-order valence-corrected chi connectivity index (χ3v) is 4.10. The first-order chi connectivity index (χ1) is 9.56. The zero-order chi connectivity index (χ0) is 14.5. The Kier molecular flexibility index (Phi) is 7.15. The van der Waals surface area contributed by atoms with Gasteiger partial charge >= 0.3 is 0 Å². The number of nitrogens with two attached hydrogens (primary N) is 1. The maximum Gasteiger partial charge on any atom is 0.234 e. The minimum absolute atomic E-state index is 0. The zero-order valence-corrected chi connectivity index (χ0v) is 13.6. The Bertz CT molecular complexity index is 438. The molecule has 0 spiro atoms. The largest absolute Gasteiger partial charge is 0.348 e. The molecule has 5 heteroatoms. The molecule has 0 radical (unpaired) electrons. The van der Waals surface area contributed by atoms with Gasteiger partial charge in [-0.1, -0.05) is 30.3 Å². The predicted molar refractivity (Wildman–Crippen MR) is 88.4 cm³/mol. The van der Waals surface area contributed by atoms with Crippen molar-refractivity contribution < 1.29 is 4.79 Å². The van der Waals surface area contributed by atoms with Gasteiger partial charge in [0.15, 0.2) is 0 Å². The maximum atomic E-state index is 12.1. The van der Waals surface area contributed by atoms with Crippen LogP contribution in [0.5, 0.6) is 0 Å². The average Bonchev–Trinajstić information content (AvgIpc) is 2.88. The monoisotopic (exact) mass is 311 g/mol. The van der Waals surface area contributed by atoms with Crippen molar-refractivity contribution in [2.24, 2.45) is 11.7 Å². The van der Waals surface area contributed by atoms with E-state index < -0.39 is 0 Å². The van der Waals surface area contributed by atoms with E-state index in [1.165, 1.54) is 0 Å². The fraction of sp³-hybridized carbons (Fsp3) is 0.562. The second kappa shape index (κ2) is 8.37. The van der Waals surface area contributed by atoms with E-state index in [0.29, 0.717) is 12.5 Å². The molecule has 0 aromatic heterocycles. The van der Waals surface area contributed by atoms with Crippen LogP contribution >= 0.6 is 12.4 Å². The zero-order valence-electron chi connectivity index (χ0n) is 12.8. The molecule has 1 heterocycles. The van der Waals surface area contributed by atoms with Gasteiger partial charge in [0.2, 0.25) is 5.91 Å². The molecule has 3 unspecified atom stereocenters. The van der Waals surface area contributed by atoms with E-state index in [1.54, 1.807) is 0 Å². The Morgan fingerprint density at radius 3 is 2.62 bits per heavy atom. The average molecular weight is 312 g/mol. The summed E-state index contributed by atoms with van der Waals surface area (Å²) in [4.78, 5) is 14.3. The molecule has 3 atom stereocenters. The minimum Gasteiger partial charge on any atom is -0.348 e. The molecule has 21 heavy (non-hydrogen) atoms. The quantitative estimate of drug-likeness (QED) is 0.874. The smallest absolute Gasteiger partial charge is 0.234 e. The van der Waals surface area contributed by atoms with Gasteiger partial charge in [-0.3, -0.25) is 9.69 Å². The standard InChI is InChI=1S/C16H25N3O.ClH/c1-12(17)15-8-9-19(10-15)11-16(20)18-13(2)14-6-4-3-5-7-14;/h3-7,12-13,15H,8-11,17H2,1-2H3,(H,18,20);1H. The Balaban J connectivity index is 0.00000220. The maximum absolute atomic E-state index is 12.1. The van der Waals surface area contributed by atoms with Crippen LogP contribution in [0.15, 0.2) is 30.3 Å². The normalized spacial score (nSPS) is 21.4. The summed E-state index contributed by atoms with van der Waals surface area (Å²) >= 11 is 0. The lowest BCUT2D eigenvalue weighted by Gasteiger charge is -2.19. The van der Waals surface area contributed by atoms with Gasteiger partial charge in [0.25, 0.3) is 0 Å². The van der Waals surface area contributed by atoms with Crippen LogP contribution in [0.25, 0.3) is 0 Å². The van der Waals surface area contributed by atoms with Crippen LogP contribution in [-0.4, -0.2) is 36.5 Å². The van der Waals surface area contributed by atoms with E-state index in [9.17, 15) is 4.79 Å². The van der Waals surface area contributed by atoms with Gasteiger partial charge in [-0.05, 0) is 38.3 Å². The third kappa shape index (κ3) is 5.30. The number of amides is 1. The first kappa shape index (κ1) is 18.0. The van der Waals surface area contributed by atoms with Crippen LogP contribution in [0.1, 0.15) is 31.9 Å². The first-order valence-electron chi connectivity index (χ1n) is 7.38. The Labute approximate surface area is 133 Å². The number of hydrogen-bond acceptors (Lipinski definition) is 3. The lowest BCUT2D eigenvalue weighted by atomic mass is 10.0. The fourth-order valence-electron chi connectivity index (χ4n) is 2.75. The molecule has 4 nitrogen and oxygen atoms in total. The van der Waals surface area contributed by atoms with Crippen molar-refractivity contribution in [3.8, 4) is 0 Å². The van der Waals surface area contributed by atoms with Crippen molar-refractivity contribution in [3.63, 3.8) is 0 Å².